The maximum atomic E-state index is 13.5. The van der Waals surface area contributed by atoms with Crippen LogP contribution in [0.2, 0.25) is 0 Å². The lowest BCUT2D eigenvalue weighted by molar-refractivity contribution is 0.285. The first-order valence-electron chi connectivity index (χ1n) is 10.3. The Morgan fingerprint density at radius 1 is 0.903 bits per heavy atom. The van der Waals surface area contributed by atoms with Crippen LogP contribution in [0.4, 0.5) is 0 Å². The SMILES string of the molecule is COc1ccc(CN(Cc2ccc(OC)cc2)S(=O)(=O)c2ccn(C3CCC3)n2)cc1. The van der Waals surface area contributed by atoms with Crippen LogP contribution in [0.15, 0.2) is 65.8 Å². The van der Waals surface area contributed by atoms with E-state index >= 15 is 0 Å². The number of aromatic nitrogens is 2. The maximum absolute atomic E-state index is 13.5. The van der Waals surface area contributed by atoms with E-state index in [2.05, 4.69) is 5.10 Å². The largest absolute Gasteiger partial charge is 0.497 e. The van der Waals surface area contributed by atoms with E-state index in [4.69, 9.17) is 9.47 Å². The molecule has 1 aliphatic rings. The summed E-state index contributed by atoms with van der Waals surface area (Å²) in [5.41, 5.74) is 1.74. The fraction of sp³-hybridized carbons (Fsp3) is 0.348. The first kappa shape index (κ1) is 21.4. The zero-order valence-electron chi connectivity index (χ0n) is 17.8. The second-order valence-electron chi connectivity index (χ2n) is 7.69. The molecule has 1 aromatic heterocycles. The van der Waals surface area contributed by atoms with Crippen molar-refractivity contribution in [2.24, 2.45) is 0 Å². The summed E-state index contributed by atoms with van der Waals surface area (Å²) in [5.74, 6) is 1.46. The molecule has 0 N–H and O–H groups in total. The van der Waals surface area contributed by atoms with Crippen molar-refractivity contribution in [1.29, 1.82) is 0 Å². The molecular formula is C23H27N3O4S. The van der Waals surface area contributed by atoms with E-state index < -0.39 is 10.0 Å². The van der Waals surface area contributed by atoms with Gasteiger partial charge in [0.05, 0.1) is 20.3 Å². The molecule has 1 fully saturated rings. The molecule has 0 bridgehead atoms. The minimum Gasteiger partial charge on any atom is -0.497 e. The third kappa shape index (κ3) is 4.75. The van der Waals surface area contributed by atoms with Crippen molar-refractivity contribution in [3.63, 3.8) is 0 Å². The molecule has 0 atom stereocenters. The lowest BCUT2D eigenvalue weighted by atomic mass is 9.93. The Morgan fingerprint density at radius 2 is 1.42 bits per heavy atom. The molecular weight excluding hydrogens is 414 g/mol. The van der Waals surface area contributed by atoms with Crippen LogP contribution in [0.1, 0.15) is 36.4 Å². The third-order valence-corrected chi connectivity index (χ3v) is 7.36. The predicted octanol–water partition coefficient (Wildman–Crippen LogP) is 4.02. The van der Waals surface area contributed by atoms with Gasteiger partial charge in [-0.15, -0.1) is 0 Å². The number of hydrogen-bond donors (Lipinski definition) is 0. The molecule has 0 radical (unpaired) electrons. The molecule has 31 heavy (non-hydrogen) atoms. The van der Waals surface area contributed by atoms with Gasteiger partial charge in [0, 0.05) is 19.3 Å². The first-order valence-corrected chi connectivity index (χ1v) is 11.7. The van der Waals surface area contributed by atoms with Crippen molar-refractivity contribution < 1.29 is 17.9 Å². The Labute approximate surface area is 183 Å². The van der Waals surface area contributed by atoms with Crippen molar-refractivity contribution in [3.8, 4) is 11.5 Å². The monoisotopic (exact) mass is 441 g/mol. The van der Waals surface area contributed by atoms with Crippen LogP contribution in [0, 0.1) is 0 Å². The Bertz CT molecular complexity index is 1050. The summed E-state index contributed by atoms with van der Waals surface area (Å²) < 4.78 is 40.7. The number of hydrogen-bond acceptors (Lipinski definition) is 5. The summed E-state index contributed by atoms with van der Waals surface area (Å²) in [5, 5.41) is 4.49. The Morgan fingerprint density at radius 3 is 1.84 bits per heavy atom. The lowest BCUT2D eigenvalue weighted by Gasteiger charge is -2.25. The van der Waals surface area contributed by atoms with Crippen LogP contribution >= 0.6 is 0 Å². The molecule has 1 aliphatic carbocycles. The highest BCUT2D eigenvalue weighted by Gasteiger charge is 2.29. The van der Waals surface area contributed by atoms with Crippen molar-refractivity contribution in [3.05, 3.63) is 71.9 Å². The highest BCUT2D eigenvalue weighted by Crippen LogP contribution is 2.31. The average molecular weight is 442 g/mol. The Hall–Kier alpha value is -2.84. The summed E-state index contributed by atoms with van der Waals surface area (Å²) in [6.45, 7) is 0.462. The van der Waals surface area contributed by atoms with Gasteiger partial charge in [-0.2, -0.15) is 9.40 Å². The molecule has 4 rings (SSSR count). The maximum Gasteiger partial charge on any atom is 0.262 e. The van der Waals surface area contributed by atoms with Gasteiger partial charge < -0.3 is 9.47 Å². The quantitative estimate of drug-likeness (QED) is 0.502. The van der Waals surface area contributed by atoms with Gasteiger partial charge in [-0.1, -0.05) is 24.3 Å². The first-order chi connectivity index (χ1) is 15.0. The Kier molecular flexibility index (Phi) is 6.29. The van der Waals surface area contributed by atoms with E-state index in [-0.39, 0.29) is 18.1 Å². The molecule has 8 heteroatoms. The van der Waals surface area contributed by atoms with Gasteiger partial charge in [0.15, 0.2) is 5.03 Å². The molecule has 0 unspecified atom stereocenters. The van der Waals surface area contributed by atoms with E-state index in [9.17, 15) is 8.42 Å². The average Bonchev–Trinajstić information content (AvgIpc) is 3.23. The number of ether oxygens (including phenoxy) is 2. The molecule has 0 spiro atoms. The number of nitrogens with zero attached hydrogens (tertiary/aromatic N) is 3. The van der Waals surface area contributed by atoms with Crippen LogP contribution in [0.25, 0.3) is 0 Å². The number of sulfonamides is 1. The molecule has 2 aromatic carbocycles. The molecule has 0 aliphatic heterocycles. The standard InChI is InChI=1S/C23H27N3O4S/c1-29-21-10-6-18(7-11-21)16-25(17-19-8-12-22(30-2)13-9-19)31(27,28)23-14-15-26(24-23)20-4-3-5-20/h6-15,20H,3-5,16-17H2,1-2H3. The molecule has 1 saturated carbocycles. The van der Waals surface area contributed by atoms with E-state index in [1.165, 1.54) is 4.31 Å². The van der Waals surface area contributed by atoms with Crippen LogP contribution in [0.3, 0.4) is 0 Å². The Balaban J connectivity index is 1.62. The van der Waals surface area contributed by atoms with Gasteiger partial charge in [0.1, 0.15) is 11.5 Å². The summed E-state index contributed by atoms with van der Waals surface area (Å²) >= 11 is 0. The zero-order chi connectivity index (χ0) is 21.8. The van der Waals surface area contributed by atoms with E-state index in [0.29, 0.717) is 6.04 Å². The fourth-order valence-electron chi connectivity index (χ4n) is 3.54. The van der Waals surface area contributed by atoms with Crippen molar-refractivity contribution in [2.45, 2.75) is 43.4 Å². The molecule has 164 valence electrons. The zero-order valence-corrected chi connectivity index (χ0v) is 18.6. The van der Waals surface area contributed by atoms with E-state index in [1.807, 2.05) is 48.5 Å². The topological polar surface area (TPSA) is 73.7 Å². The van der Waals surface area contributed by atoms with Crippen molar-refractivity contribution in [1.82, 2.24) is 14.1 Å². The van der Waals surface area contributed by atoms with Crippen LogP contribution < -0.4 is 9.47 Å². The van der Waals surface area contributed by atoms with Gasteiger partial charge in [-0.05, 0) is 60.7 Å². The second-order valence-corrected chi connectivity index (χ2v) is 9.57. The lowest BCUT2D eigenvalue weighted by Crippen LogP contribution is -2.31. The fourth-order valence-corrected chi connectivity index (χ4v) is 4.87. The van der Waals surface area contributed by atoms with Crippen LogP contribution in [-0.2, 0) is 23.1 Å². The van der Waals surface area contributed by atoms with Crippen LogP contribution in [-0.4, -0.2) is 36.7 Å². The van der Waals surface area contributed by atoms with E-state index in [0.717, 1.165) is 41.9 Å². The predicted molar refractivity (Wildman–Crippen MR) is 118 cm³/mol. The summed E-state index contributed by atoms with van der Waals surface area (Å²) in [6.07, 6.45) is 5.02. The summed E-state index contributed by atoms with van der Waals surface area (Å²) in [4.78, 5) is 0. The highest BCUT2D eigenvalue weighted by molar-refractivity contribution is 7.89. The van der Waals surface area contributed by atoms with Gasteiger partial charge in [-0.25, -0.2) is 8.42 Å². The van der Waals surface area contributed by atoms with Crippen molar-refractivity contribution in [2.75, 3.05) is 14.2 Å². The summed E-state index contributed by atoms with van der Waals surface area (Å²) in [7, 11) is -0.577. The number of rotatable bonds is 9. The molecule has 7 nitrogen and oxygen atoms in total. The molecule has 0 amide bonds. The van der Waals surface area contributed by atoms with Gasteiger partial charge in [0.25, 0.3) is 10.0 Å². The number of benzene rings is 2. The highest BCUT2D eigenvalue weighted by atomic mass is 32.2. The van der Waals surface area contributed by atoms with Gasteiger partial charge in [-0.3, -0.25) is 4.68 Å². The normalized spacial score (nSPS) is 14.4. The third-order valence-electron chi connectivity index (χ3n) is 5.67. The smallest absolute Gasteiger partial charge is 0.262 e. The minimum absolute atomic E-state index is 0.0847. The minimum atomic E-state index is -3.79. The van der Waals surface area contributed by atoms with Gasteiger partial charge >= 0.3 is 0 Å². The van der Waals surface area contributed by atoms with E-state index in [1.54, 1.807) is 31.2 Å². The summed E-state index contributed by atoms with van der Waals surface area (Å²) in [6, 6.07) is 16.7. The van der Waals surface area contributed by atoms with Crippen molar-refractivity contribution >= 4 is 10.0 Å². The molecule has 1 heterocycles. The number of methoxy groups -OCH3 is 2. The molecule has 3 aromatic rings. The van der Waals surface area contributed by atoms with Gasteiger partial charge in [0.2, 0.25) is 0 Å². The van der Waals surface area contributed by atoms with Crippen LogP contribution in [0.5, 0.6) is 11.5 Å². The second kappa shape index (κ2) is 9.11. The molecule has 0 saturated heterocycles.